The summed E-state index contributed by atoms with van der Waals surface area (Å²) in [5.41, 5.74) is 1.35. The Morgan fingerprint density at radius 1 is 1.14 bits per heavy atom. The quantitative estimate of drug-likeness (QED) is 0.901. The first-order chi connectivity index (χ1) is 10.5. The summed E-state index contributed by atoms with van der Waals surface area (Å²) in [6, 6.07) is 13.2. The second-order valence-corrected chi connectivity index (χ2v) is 6.92. The summed E-state index contributed by atoms with van der Waals surface area (Å²) in [6.45, 7) is 1.53. The topological polar surface area (TPSA) is 70.6 Å². The Kier molecular flexibility index (Phi) is 4.04. The molecule has 0 bridgehead atoms. The van der Waals surface area contributed by atoms with Gasteiger partial charge >= 0.3 is 0 Å². The van der Waals surface area contributed by atoms with E-state index in [1.54, 1.807) is 30.3 Å². The molecule has 1 aliphatic heterocycles. The van der Waals surface area contributed by atoms with Crippen LogP contribution < -0.4 is 10.0 Å². The average molecular weight is 336 g/mol. The molecule has 0 saturated heterocycles. The number of rotatable bonds is 4. The number of sulfonamides is 1. The number of hydrogen-bond acceptors (Lipinski definition) is 4. The second-order valence-electron chi connectivity index (χ2n) is 4.80. The van der Waals surface area contributed by atoms with Gasteiger partial charge in [-0.2, -0.15) is 0 Å². The van der Waals surface area contributed by atoms with Gasteiger partial charge in [0.1, 0.15) is 5.84 Å². The maximum atomic E-state index is 12.3. The van der Waals surface area contributed by atoms with Gasteiger partial charge in [-0.3, -0.25) is 9.71 Å². The number of amidine groups is 1. The normalized spacial score (nSPS) is 14.3. The largest absolute Gasteiger partial charge is 0.368 e. The standard InChI is InChI=1S/C15H14ClN3O2S/c16-12-4-6-14(7-5-12)22(20,21)19-13-3-1-2-11(10-13)15-17-8-9-18-15/h1-7,10,19H,8-9H2,(H,17,18). The third kappa shape index (κ3) is 3.23. The van der Waals surface area contributed by atoms with E-state index in [9.17, 15) is 8.42 Å². The molecule has 0 atom stereocenters. The van der Waals surface area contributed by atoms with Gasteiger partial charge in [0.15, 0.2) is 0 Å². The van der Waals surface area contributed by atoms with E-state index in [2.05, 4.69) is 15.0 Å². The van der Waals surface area contributed by atoms with Crippen molar-refractivity contribution in [1.82, 2.24) is 5.32 Å². The Morgan fingerprint density at radius 3 is 2.59 bits per heavy atom. The summed E-state index contributed by atoms with van der Waals surface area (Å²) in [7, 11) is -3.64. The van der Waals surface area contributed by atoms with Crippen molar-refractivity contribution in [2.24, 2.45) is 4.99 Å². The summed E-state index contributed by atoms with van der Waals surface area (Å²) in [6.07, 6.45) is 0. The summed E-state index contributed by atoms with van der Waals surface area (Å²) < 4.78 is 27.3. The highest BCUT2D eigenvalue weighted by molar-refractivity contribution is 7.92. The first-order valence-electron chi connectivity index (χ1n) is 6.72. The number of halogens is 1. The van der Waals surface area contributed by atoms with Gasteiger partial charge < -0.3 is 5.32 Å². The van der Waals surface area contributed by atoms with Crippen LogP contribution in [0.2, 0.25) is 5.02 Å². The van der Waals surface area contributed by atoms with Crippen molar-refractivity contribution in [3.63, 3.8) is 0 Å². The summed E-state index contributed by atoms with van der Waals surface area (Å²) in [4.78, 5) is 4.49. The Labute approximate surface area is 134 Å². The van der Waals surface area contributed by atoms with Crippen molar-refractivity contribution in [1.29, 1.82) is 0 Å². The lowest BCUT2D eigenvalue weighted by Crippen LogP contribution is -2.20. The van der Waals surface area contributed by atoms with E-state index in [4.69, 9.17) is 11.6 Å². The van der Waals surface area contributed by atoms with Crippen molar-refractivity contribution >= 4 is 33.1 Å². The number of nitrogens with one attached hydrogen (secondary N) is 2. The molecule has 114 valence electrons. The Hall–Kier alpha value is -2.05. The number of aliphatic imine (C=N–C) groups is 1. The van der Waals surface area contributed by atoms with Gasteiger partial charge in [0.25, 0.3) is 10.0 Å². The summed E-state index contributed by atoms with van der Waals surface area (Å²) in [5, 5.41) is 3.65. The molecule has 3 rings (SSSR count). The van der Waals surface area contributed by atoms with Crippen molar-refractivity contribution in [2.45, 2.75) is 4.90 Å². The molecule has 1 aliphatic rings. The third-order valence-electron chi connectivity index (χ3n) is 3.19. The van der Waals surface area contributed by atoms with Crippen LogP contribution in [0.1, 0.15) is 5.56 Å². The van der Waals surface area contributed by atoms with Crippen LogP contribution in [0.5, 0.6) is 0 Å². The average Bonchev–Trinajstić information content (AvgIpc) is 3.02. The number of anilines is 1. The zero-order valence-corrected chi connectivity index (χ0v) is 13.2. The molecule has 0 aliphatic carbocycles. The molecule has 0 fully saturated rings. The van der Waals surface area contributed by atoms with E-state index in [0.717, 1.165) is 24.5 Å². The fourth-order valence-electron chi connectivity index (χ4n) is 2.15. The molecule has 2 aromatic carbocycles. The highest BCUT2D eigenvalue weighted by Crippen LogP contribution is 2.19. The first kappa shape index (κ1) is 14.9. The van der Waals surface area contributed by atoms with E-state index in [-0.39, 0.29) is 4.90 Å². The third-order valence-corrected chi connectivity index (χ3v) is 4.84. The van der Waals surface area contributed by atoms with Crippen LogP contribution >= 0.6 is 11.6 Å². The smallest absolute Gasteiger partial charge is 0.261 e. The van der Waals surface area contributed by atoms with Crippen LogP contribution in [0.25, 0.3) is 0 Å². The molecule has 0 aromatic heterocycles. The van der Waals surface area contributed by atoms with Crippen LogP contribution in [0, 0.1) is 0 Å². The summed E-state index contributed by atoms with van der Waals surface area (Å²) >= 11 is 5.78. The van der Waals surface area contributed by atoms with Gasteiger partial charge in [-0.1, -0.05) is 23.7 Å². The number of hydrogen-bond donors (Lipinski definition) is 2. The predicted octanol–water partition coefficient (Wildman–Crippen LogP) is 2.49. The van der Waals surface area contributed by atoms with Gasteiger partial charge in [-0.05, 0) is 36.4 Å². The Morgan fingerprint density at radius 2 is 1.91 bits per heavy atom. The van der Waals surface area contributed by atoms with Crippen LogP contribution in [0.15, 0.2) is 58.4 Å². The van der Waals surface area contributed by atoms with Gasteiger partial charge in [0.2, 0.25) is 0 Å². The molecule has 22 heavy (non-hydrogen) atoms. The van der Waals surface area contributed by atoms with Crippen molar-refractivity contribution < 1.29 is 8.42 Å². The molecule has 0 spiro atoms. The van der Waals surface area contributed by atoms with Crippen molar-refractivity contribution in [2.75, 3.05) is 17.8 Å². The lowest BCUT2D eigenvalue weighted by Gasteiger charge is -2.10. The fourth-order valence-corrected chi connectivity index (χ4v) is 3.32. The van der Waals surface area contributed by atoms with Gasteiger partial charge in [-0.25, -0.2) is 8.42 Å². The highest BCUT2D eigenvalue weighted by atomic mass is 35.5. The maximum absolute atomic E-state index is 12.3. The predicted molar refractivity (Wildman–Crippen MR) is 88.1 cm³/mol. The number of benzene rings is 2. The monoisotopic (exact) mass is 335 g/mol. The van der Waals surface area contributed by atoms with Crippen LogP contribution in [0.4, 0.5) is 5.69 Å². The Bertz CT molecular complexity index is 817. The Balaban J connectivity index is 1.86. The van der Waals surface area contributed by atoms with Crippen LogP contribution in [0.3, 0.4) is 0 Å². The van der Waals surface area contributed by atoms with Crippen LogP contribution in [-0.2, 0) is 10.0 Å². The van der Waals surface area contributed by atoms with Gasteiger partial charge in [0.05, 0.1) is 11.4 Å². The molecule has 5 nitrogen and oxygen atoms in total. The fraction of sp³-hybridized carbons (Fsp3) is 0.133. The van der Waals surface area contributed by atoms with Crippen LogP contribution in [-0.4, -0.2) is 27.3 Å². The lowest BCUT2D eigenvalue weighted by atomic mass is 10.2. The van der Waals surface area contributed by atoms with Crippen molar-refractivity contribution in [3.05, 3.63) is 59.1 Å². The van der Waals surface area contributed by atoms with E-state index in [1.807, 2.05) is 6.07 Å². The minimum Gasteiger partial charge on any atom is -0.368 e. The van der Waals surface area contributed by atoms with E-state index in [1.165, 1.54) is 12.1 Å². The molecule has 0 unspecified atom stereocenters. The minimum atomic E-state index is -3.64. The minimum absolute atomic E-state index is 0.165. The maximum Gasteiger partial charge on any atom is 0.261 e. The van der Waals surface area contributed by atoms with Crippen molar-refractivity contribution in [3.8, 4) is 0 Å². The van der Waals surface area contributed by atoms with E-state index < -0.39 is 10.0 Å². The molecule has 7 heteroatoms. The van der Waals surface area contributed by atoms with E-state index >= 15 is 0 Å². The lowest BCUT2D eigenvalue weighted by molar-refractivity contribution is 0.601. The zero-order valence-electron chi connectivity index (χ0n) is 11.6. The molecular formula is C15H14ClN3O2S. The van der Waals surface area contributed by atoms with Gasteiger partial charge in [-0.15, -0.1) is 0 Å². The molecule has 0 radical (unpaired) electrons. The molecule has 0 amide bonds. The van der Waals surface area contributed by atoms with E-state index in [0.29, 0.717) is 10.7 Å². The first-order valence-corrected chi connectivity index (χ1v) is 8.58. The molecule has 2 aromatic rings. The molecular weight excluding hydrogens is 322 g/mol. The molecule has 0 saturated carbocycles. The summed E-state index contributed by atoms with van der Waals surface area (Å²) in [5.74, 6) is 0.785. The highest BCUT2D eigenvalue weighted by Gasteiger charge is 2.15. The zero-order chi connectivity index (χ0) is 15.6. The molecule has 2 N–H and O–H groups in total. The SMILES string of the molecule is O=S(=O)(Nc1cccc(C2=NCCN2)c1)c1ccc(Cl)cc1. The van der Waals surface area contributed by atoms with Gasteiger partial charge in [0, 0.05) is 22.8 Å². The second kappa shape index (κ2) is 5.98. The number of nitrogens with zero attached hydrogens (tertiary/aromatic N) is 1. The molecule has 1 heterocycles.